The summed E-state index contributed by atoms with van der Waals surface area (Å²) in [6, 6.07) is -0.510. The molecule has 0 radical (unpaired) electrons. The highest BCUT2D eigenvalue weighted by molar-refractivity contribution is 6.27. The number of ether oxygens (including phenoxy) is 1. The fraction of sp³-hybridized carbons (Fsp3) is 0.600. The van der Waals surface area contributed by atoms with E-state index in [-0.39, 0.29) is 11.8 Å². The minimum absolute atomic E-state index is 0.0781. The van der Waals surface area contributed by atoms with E-state index in [0.29, 0.717) is 6.54 Å². The molecule has 1 saturated heterocycles. The molecule has 0 spiro atoms. The van der Waals surface area contributed by atoms with Gasteiger partial charge < -0.3 is 10.1 Å². The van der Waals surface area contributed by atoms with Gasteiger partial charge in [0.15, 0.2) is 0 Å². The topological polar surface area (TPSA) is 55.4 Å². The summed E-state index contributed by atoms with van der Waals surface area (Å²) >= 11 is 5.23. The van der Waals surface area contributed by atoms with Crippen LogP contribution in [0.3, 0.4) is 0 Å². The monoisotopic (exact) mass is 229 g/mol. The van der Waals surface area contributed by atoms with Gasteiger partial charge in [-0.2, -0.15) is 0 Å². The third kappa shape index (κ3) is 3.22. The molecule has 1 heterocycles. The minimum atomic E-state index is -0.724. The lowest BCUT2D eigenvalue weighted by molar-refractivity contribution is -0.159. The number of nitrogens with one attached hydrogen (secondary N) is 1. The van der Waals surface area contributed by atoms with Crippen LogP contribution >= 0.6 is 11.6 Å². The Hall–Kier alpha value is -1.05. The van der Waals surface area contributed by atoms with Gasteiger partial charge in [0.05, 0.1) is 0 Å². The van der Waals surface area contributed by atoms with E-state index in [1.165, 1.54) is 0 Å². The van der Waals surface area contributed by atoms with Crippen molar-refractivity contribution in [2.45, 2.75) is 19.4 Å². The molecule has 1 aliphatic heterocycles. The molecule has 0 aromatic rings. The number of hydrogen-bond donors (Lipinski definition) is 1. The van der Waals surface area contributed by atoms with Crippen LogP contribution in [0.5, 0.6) is 0 Å². The second-order valence-corrected chi connectivity index (χ2v) is 3.42. The third-order valence-electron chi connectivity index (χ3n) is 2.13. The molecule has 1 fully saturated rings. The number of carbonyl (C=O) groups is 2. The predicted octanol–water partition coefficient (Wildman–Crippen LogP) is 0.296. The first-order valence-corrected chi connectivity index (χ1v) is 5.18. The Morgan fingerprint density at radius 2 is 2.33 bits per heavy atom. The number of carbonyl (C=O) groups excluding carboxylic acids is 2. The van der Waals surface area contributed by atoms with Crippen molar-refractivity contribution in [2.24, 2.45) is 5.92 Å². The Kier molecular flexibility index (Phi) is 4.60. The highest BCUT2D eigenvalue weighted by atomic mass is 35.5. The Morgan fingerprint density at radius 3 is 2.93 bits per heavy atom. The lowest BCUT2D eigenvalue weighted by Gasteiger charge is -2.12. The zero-order valence-corrected chi connectivity index (χ0v) is 9.13. The molecule has 2 atom stereocenters. The Morgan fingerprint density at radius 1 is 1.60 bits per heavy atom. The number of halogens is 1. The first-order chi connectivity index (χ1) is 7.19. The zero-order valence-electron chi connectivity index (χ0n) is 8.38. The van der Waals surface area contributed by atoms with E-state index in [1.54, 1.807) is 6.92 Å². The normalized spacial score (nSPS) is 24.1. The molecule has 0 unspecified atom stereocenters. The molecule has 0 aromatic heterocycles. The fourth-order valence-electron chi connectivity index (χ4n) is 1.49. The molecule has 4 nitrogen and oxygen atoms in total. The Balaban J connectivity index is 2.57. The van der Waals surface area contributed by atoms with Crippen LogP contribution in [-0.4, -0.2) is 30.4 Å². The Labute approximate surface area is 93.3 Å². The largest absolute Gasteiger partial charge is 0.391 e. The van der Waals surface area contributed by atoms with E-state index in [9.17, 15) is 9.59 Å². The summed E-state index contributed by atoms with van der Waals surface area (Å²) < 4.78 is 4.52. The van der Waals surface area contributed by atoms with Gasteiger partial charge in [-0.05, 0) is 19.9 Å². The highest BCUT2D eigenvalue weighted by Crippen LogP contribution is 2.15. The SMILES string of the molecule is CC#C[C@H]1CCN[C@@H]1C(=O)OC(=O)CCl. The zero-order chi connectivity index (χ0) is 11.3. The van der Waals surface area contributed by atoms with Gasteiger partial charge in [-0.3, -0.25) is 4.79 Å². The van der Waals surface area contributed by atoms with E-state index < -0.39 is 18.0 Å². The van der Waals surface area contributed by atoms with Gasteiger partial charge in [0.2, 0.25) is 0 Å². The first-order valence-electron chi connectivity index (χ1n) is 4.65. The molecule has 1 rings (SSSR count). The van der Waals surface area contributed by atoms with E-state index >= 15 is 0 Å². The van der Waals surface area contributed by atoms with Crippen LogP contribution in [-0.2, 0) is 14.3 Å². The highest BCUT2D eigenvalue weighted by Gasteiger charge is 2.33. The molecule has 0 saturated carbocycles. The van der Waals surface area contributed by atoms with Crippen molar-refractivity contribution in [3.8, 4) is 11.8 Å². The van der Waals surface area contributed by atoms with Gasteiger partial charge in [-0.15, -0.1) is 17.5 Å². The van der Waals surface area contributed by atoms with Crippen LogP contribution in [0.2, 0.25) is 0 Å². The van der Waals surface area contributed by atoms with Gasteiger partial charge in [-0.1, -0.05) is 5.92 Å². The van der Waals surface area contributed by atoms with Crippen LogP contribution in [0.1, 0.15) is 13.3 Å². The number of esters is 2. The average Bonchev–Trinajstić information content (AvgIpc) is 2.66. The summed E-state index contributed by atoms with van der Waals surface area (Å²) in [5.74, 6) is 3.95. The van der Waals surface area contributed by atoms with Crippen molar-refractivity contribution in [3.63, 3.8) is 0 Å². The second-order valence-electron chi connectivity index (χ2n) is 3.15. The van der Waals surface area contributed by atoms with Crippen molar-refractivity contribution in [2.75, 3.05) is 12.4 Å². The maximum Gasteiger partial charge on any atom is 0.332 e. The van der Waals surface area contributed by atoms with E-state index in [1.807, 2.05) is 0 Å². The van der Waals surface area contributed by atoms with Crippen LogP contribution in [0.4, 0.5) is 0 Å². The third-order valence-corrected chi connectivity index (χ3v) is 2.35. The standard InChI is InChI=1S/C10H12ClNO3/c1-2-3-7-4-5-12-9(7)10(14)15-8(13)6-11/h7,9,12H,4-6H2,1H3/t7-,9-/m0/s1. The molecule has 0 amide bonds. The lowest BCUT2D eigenvalue weighted by Crippen LogP contribution is -2.38. The summed E-state index contributed by atoms with van der Waals surface area (Å²) in [4.78, 5) is 22.3. The Bertz CT molecular complexity index is 318. The molecule has 0 aliphatic carbocycles. The molecule has 1 N–H and O–H groups in total. The maximum atomic E-state index is 11.5. The minimum Gasteiger partial charge on any atom is -0.391 e. The van der Waals surface area contributed by atoms with Crippen LogP contribution < -0.4 is 5.32 Å². The van der Waals surface area contributed by atoms with Crippen LogP contribution in [0.25, 0.3) is 0 Å². The number of alkyl halides is 1. The second kappa shape index (κ2) is 5.74. The molecule has 0 aromatic carbocycles. The van der Waals surface area contributed by atoms with Crippen molar-refractivity contribution < 1.29 is 14.3 Å². The van der Waals surface area contributed by atoms with Crippen molar-refractivity contribution in [1.82, 2.24) is 5.32 Å². The van der Waals surface area contributed by atoms with Gasteiger partial charge in [0, 0.05) is 5.92 Å². The van der Waals surface area contributed by atoms with Crippen LogP contribution in [0, 0.1) is 17.8 Å². The van der Waals surface area contributed by atoms with E-state index in [0.717, 1.165) is 6.42 Å². The average molecular weight is 230 g/mol. The maximum absolute atomic E-state index is 11.5. The molecular weight excluding hydrogens is 218 g/mol. The molecule has 82 valence electrons. The van der Waals surface area contributed by atoms with Gasteiger partial charge in [-0.25, -0.2) is 4.79 Å². The molecule has 0 bridgehead atoms. The quantitative estimate of drug-likeness (QED) is 0.320. The van der Waals surface area contributed by atoms with Crippen molar-refractivity contribution in [3.05, 3.63) is 0 Å². The summed E-state index contributed by atoms with van der Waals surface area (Å²) in [6.45, 7) is 2.42. The van der Waals surface area contributed by atoms with Crippen molar-refractivity contribution in [1.29, 1.82) is 0 Å². The summed E-state index contributed by atoms with van der Waals surface area (Å²) in [7, 11) is 0. The number of rotatable bonds is 2. The molecular formula is C10H12ClNO3. The van der Waals surface area contributed by atoms with Gasteiger partial charge in [0.1, 0.15) is 11.9 Å². The molecule has 15 heavy (non-hydrogen) atoms. The lowest BCUT2D eigenvalue weighted by atomic mass is 10.0. The summed E-state index contributed by atoms with van der Waals surface area (Å²) in [5.41, 5.74) is 0. The van der Waals surface area contributed by atoms with Crippen molar-refractivity contribution >= 4 is 23.5 Å². The van der Waals surface area contributed by atoms with E-state index in [2.05, 4.69) is 21.9 Å². The number of hydrogen-bond acceptors (Lipinski definition) is 4. The van der Waals surface area contributed by atoms with Gasteiger partial charge >= 0.3 is 11.9 Å². The first kappa shape index (κ1) is 12.0. The summed E-state index contributed by atoms with van der Waals surface area (Å²) in [6.07, 6.45) is 0.787. The summed E-state index contributed by atoms with van der Waals surface area (Å²) in [5, 5.41) is 2.95. The van der Waals surface area contributed by atoms with E-state index in [4.69, 9.17) is 11.6 Å². The smallest absolute Gasteiger partial charge is 0.332 e. The van der Waals surface area contributed by atoms with Crippen LogP contribution in [0.15, 0.2) is 0 Å². The fourth-order valence-corrected chi connectivity index (χ4v) is 1.55. The predicted molar refractivity (Wildman–Crippen MR) is 55.2 cm³/mol. The molecule has 1 aliphatic rings. The van der Waals surface area contributed by atoms with Gasteiger partial charge in [0.25, 0.3) is 0 Å². The molecule has 5 heteroatoms.